The first kappa shape index (κ1) is 21.7. The molecule has 0 radical (unpaired) electrons. The third-order valence-electron chi connectivity index (χ3n) is 4.63. The normalized spacial score (nSPS) is 13.6. The molecule has 4 nitrogen and oxygen atoms in total. The minimum atomic E-state index is -0.621. The summed E-state index contributed by atoms with van der Waals surface area (Å²) in [6.07, 6.45) is 2.80. The highest BCUT2D eigenvalue weighted by molar-refractivity contribution is 5.87. The van der Waals surface area contributed by atoms with Gasteiger partial charge in [-0.1, -0.05) is 63.2 Å². The molecule has 28 heavy (non-hydrogen) atoms. The minimum Gasteiger partial charge on any atom is -0.507 e. The van der Waals surface area contributed by atoms with Crippen LogP contribution in [0.5, 0.6) is 5.75 Å². The molecule has 0 aliphatic heterocycles. The van der Waals surface area contributed by atoms with Gasteiger partial charge in [-0.05, 0) is 42.0 Å². The highest BCUT2D eigenvalue weighted by Gasteiger charge is 2.18. The predicted octanol–water partition coefficient (Wildman–Crippen LogP) is 5.63. The fourth-order valence-corrected chi connectivity index (χ4v) is 2.94. The third kappa shape index (κ3) is 6.54. The smallest absolute Gasteiger partial charge is 0.333 e. The maximum Gasteiger partial charge on any atom is 0.333 e. The van der Waals surface area contributed by atoms with Gasteiger partial charge >= 0.3 is 5.97 Å². The lowest BCUT2D eigenvalue weighted by Crippen LogP contribution is -2.22. The van der Waals surface area contributed by atoms with E-state index < -0.39 is 12.3 Å². The molecule has 2 atom stereocenters. The van der Waals surface area contributed by atoms with Crippen molar-refractivity contribution in [3.63, 3.8) is 0 Å². The second-order valence-corrected chi connectivity index (χ2v) is 7.18. The van der Waals surface area contributed by atoms with Crippen LogP contribution in [0.25, 0.3) is 6.08 Å². The van der Waals surface area contributed by atoms with Crippen molar-refractivity contribution in [3.8, 4) is 5.75 Å². The Morgan fingerprint density at radius 1 is 1.07 bits per heavy atom. The van der Waals surface area contributed by atoms with Gasteiger partial charge in [0.2, 0.25) is 6.29 Å². The van der Waals surface area contributed by atoms with Gasteiger partial charge in [-0.25, -0.2) is 4.79 Å². The van der Waals surface area contributed by atoms with E-state index in [1.807, 2.05) is 6.92 Å². The molecule has 0 saturated heterocycles. The summed E-state index contributed by atoms with van der Waals surface area (Å²) in [5.41, 5.74) is 3.06. The van der Waals surface area contributed by atoms with Crippen molar-refractivity contribution in [2.75, 3.05) is 6.61 Å². The Hall–Kier alpha value is -2.59. The monoisotopic (exact) mass is 382 g/mol. The molecule has 2 aromatic carbocycles. The molecule has 0 bridgehead atoms. The lowest BCUT2D eigenvalue weighted by Gasteiger charge is -2.21. The Labute approximate surface area is 167 Å². The number of para-hydroxylation sites is 1. The van der Waals surface area contributed by atoms with Crippen LogP contribution in [0.3, 0.4) is 0 Å². The first-order valence-corrected chi connectivity index (χ1v) is 9.78. The van der Waals surface area contributed by atoms with E-state index in [1.165, 1.54) is 23.3 Å². The maximum absolute atomic E-state index is 12.2. The van der Waals surface area contributed by atoms with Gasteiger partial charge in [0.15, 0.2) is 0 Å². The standard InChI is InChI=1S/C24H30O4/c1-5-27-24(15-18(4)21-11-8-10-20(16-21)17(2)3)28-23(26)14-13-19-9-6-7-12-22(19)25/h6-14,16-18,24-25H,5,15H2,1-4H3/b14-13+. The van der Waals surface area contributed by atoms with Crippen LogP contribution in [0.15, 0.2) is 54.6 Å². The average Bonchev–Trinajstić information content (AvgIpc) is 2.67. The van der Waals surface area contributed by atoms with E-state index in [2.05, 4.69) is 45.0 Å². The molecule has 0 amide bonds. The van der Waals surface area contributed by atoms with Crippen LogP contribution in [-0.2, 0) is 14.3 Å². The van der Waals surface area contributed by atoms with Crippen LogP contribution in [0.4, 0.5) is 0 Å². The molecule has 0 aromatic heterocycles. The van der Waals surface area contributed by atoms with Crippen LogP contribution in [0, 0.1) is 0 Å². The van der Waals surface area contributed by atoms with Crippen LogP contribution >= 0.6 is 0 Å². The number of phenolic OH excluding ortho intramolecular Hbond substituents is 1. The number of carbonyl (C=O) groups excluding carboxylic acids is 1. The SMILES string of the molecule is CCOC(CC(C)c1cccc(C(C)C)c1)OC(=O)/C=C/c1ccccc1O. The van der Waals surface area contributed by atoms with Crippen molar-refractivity contribution in [1.82, 2.24) is 0 Å². The molecule has 2 unspecified atom stereocenters. The van der Waals surface area contributed by atoms with Gasteiger partial charge in [-0.15, -0.1) is 0 Å². The number of phenols is 1. The van der Waals surface area contributed by atoms with Crippen molar-refractivity contribution in [2.24, 2.45) is 0 Å². The summed E-state index contributed by atoms with van der Waals surface area (Å²) in [5, 5.41) is 9.77. The second kappa shape index (κ2) is 10.7. The molecule has 1 N–H and O–H groups in total. The first-order valence-electron chi connectivity index (χ1n) is 9.78. The Morgan fingerprint density at radius 3 is 2.46 bits per heavy atom. The molecule has 0 saturated carbocycles. The fourth-order valence-electron chi connectivity index (χ4n) is 2.94. The highest BCUT2D eigenvalue weighted by Crippen LogP contribution is 2.26. The molecule has 0 heterocycles. The number of hydrogen-bond acceptors (Lipinski definition) is 4. The molecular formula is C24H30O4. The van der Waals surface area contributed by atoms with Gasteiger partial charge in [0.05, 0.1) is 0 Å². The summed E-state index contributed by atoms with van der Waals surface area (Å²) in [4.78, 5) is 12.2. The average molecular weight is 383 g/mol. The summed E-state index contributed by atoms with van der Waals surface area (Å²) in [5.74, 6) is 0.272. The van der Waals surface area contributed by atoms with E-state index in [9.17, 15) is 9.90 Å². The minimum absolute atomic E-state index is 0.117. The summed E-state index contributed by atoms with van der Waals surface area (Å²) in [7, 11) is 0. The number of aromatic hydroxyl groups is 1. The maximum atomic E-state index is 12.2. The van der Waals surface area contributed by atoms with E-state index in [-0.39, 0.29) is 11.7 Å². The van der Waals surface area contributed by atoms with Gasteiger partial charge < -0.3 is 14.6 Å². The predicted molar refractivity (Wildman–Crippen MR) is 112 cm³/mol. The van der Waals surface area contributed by atoms with Crippen LogP contribution < -0.4 is 0 Å². The topological polar surface area (TPSA) is 55.8 Å². The van der Waals surface area contributed by atoms with Crippen molar-refractivity contribution in [1.29, 1.82) is 0 Å². The molecule has 4 heteroatoms. The molecule has 2 rings (SSSR count). The van der Waals surface area contributed by atoms with E-state index >= 15 is 0 Å². The summed E-state index contributed by atoms with van der Waals surface area (Å²) in [6, 6.07) is 15.3. The van der Waals surface area contributed by atoms with Crippen LogP contribution in [0.1, 0.15) is 62.6 Å². The van der Waals surface area contributed by atoms with Gasteiger partial charge in [0.25, 0.3) is 0 Å². The Balaban J connectivity index is 2.01. The zero-order valence-corrected chi connectivity index (χ0v) is 17.1. The van der Waals surface area contributed by atoms with Crippen molar-refractivity contribution in [2.45, 2.75) is 52.2 Å². The van der Waals surface area contributed by atoms with E-state index in [0.717, 1.165) is 0 Å². The number of hydrogen-bond donors (Lipinski definition) is 1. The largest absolute Gasteiger partial charge is 0.507 e. The lowest BCUT2D eigenvalue weighted by atomic mass is 9.93. The Kier molecular flexibility index (Phi) is 8.27. The molecule has 0 aliphatic carbocycles. The van der Waals surface area contributed by atoms with Crippen molar-refractivity contribution < 1.29 is 19.4 Å². The van der Waals surface area contributed by atoms with Crippen LogP contribution in [-0.4, -0.2) is 24.0 Å². The van der Waals surface area contributed by atoms with Crippen molar-refractivity contribution >= 4 is 12.0 Å². The van der Waals surface area contributed by atoms with E-state index in [0.29, 0.717) is 24.5 Å². The zero-order valence-electron chi connectivity index (χ0n) is 17.1. The Bertz CT molecular complexity index is 795. The zero-order chi connectivity index (χ0) is 20.5. The number of rotatable bonds is 9. The summed E-state index contributed by atoms with van der Waals surface area (Å²) >= 11 is 0. The van der Waals surface area contributed by atoms with Gasteiger partial charge in [-0.3, -0.25) is 0 Å². The summed E-state index contributed by atoms with van der Waals surface area (Å²) < 4.78 is 11.1. The fraction of sp³-hybridized carbons (Fsp3) is 0.375. The number of carbonyl (C=O) groups is 1. The molecule has 0 aliphatic rings. The third-order valence-corrected chi connectivity index (χ3v) is 4.63. The van der Waals surface area contributed by atoms with E-state index in [4.69, 9.17) is 9.47 Å². The van der Waals surface area contributed by atoms with Gasteiger partial charge in [0.1, 0.15) is 5.75 Å². The molecule has 2 aromatic rings. The van der Waals surface area contributed by atoms with E-state index in [1.54, 1.807) is 24.3 Å². The number of ether oxygens (including phenoxy) is 2. The molecule has 0 spiro atoms. The van der Waals surface area contributed by atoms with Crippen molar-refractivity contribution in [3.05, 3.63) is 71.3 Å². The quantitative estimate of drug-likeness (QED) is 0.347. The molecule has 0 fully saturated rings. The first-order chi connectivity index (χ1) is 13.4. The lowest BCUT2D eigenvalue weighted by molar-refractivity contribution is -0.174. The highest BCUT2D eigenvalue weighted by atomic mass is 16.7. The number of benzene rings is 2. The van der Waals surface area contributed by atoms with Crippen LogP contribution in [0.2, 0.25) is 0 Å². The number of esters is 1. The van der Waals surface area contributed by atoms with Gasteiger partial charge in [-0.2, -0.15) is 0 Å². The summed E-state index contributed by atoms with van der Waals surface area (Å²) in [6.45, 7) is 8.79. The second-order valence-electron chi connectivity index (χ2n) is 7.18. The molecular weight excluding hydrogens is 352 g/mol. The Morgan fingerprint density at radius 2 is 1.79 bits per heavy atom. The molecule has 150 valence electrons. The van der Waals surface area contributed by atoms with Gasteiger partial charge in [0, 0.05) is 24.7 Å².